The molecule has 0 saturated carbocycles. The molecule has 2 aromatic rings. The van der Waals surface area contributed by atoms with E-state index in [0.717, 1.165) is 11.6 Å². The summed E-state index contributed by atoms with van der Waals surface area (Å²) < 4.78 is 18.5. The van der Waals surface area contributed by atoms with Crippen molar-refractivity contribution < 1.29 is 18.7 Å². The maximum Gasteiger partial charge on any atom is 0.245 e. The molecule has 0 unspecified atom stereocenters. The van der Waals surface area contributed by atoms with Gasteiger partial charge in [-0.15, -0.1) is 0 Å². The Morgan fingerprint density at radius 1 is 1.24 bits per heavy atom. The van der Waals surface area contributed by atoms with Crippen molar-refractivity contribution in [2.75, 3.05) is 7.11 Å². The highest BCUT2D eigenvalue weighted by molar-refractivity contribution is 6.12. The fourth-order valence-corrected chi connectivity index (χ4v) is 2.32. The van der Waals surface area contributed by atoms with Crippen LogP contribution >= 0.6 is 0 Å². The molecule has 2 aromatic carbocycles. The number of ketones is 1. The molecule has 0 spiro atoms. The van der Waals surface area contributed by atoms with E-state index in [1.807, 2.05) is 0 Å². The van der Waals surface area contributed by atoms with Crippen molar-refractivity contribution in [2.45, 2.75) is 13.5 Å². The summed E-state index contributed by atoms with van der Waals surface area (Å²) in [7, 11) is 1.55. The molecular weight excluding hydrogens is 323 g/mol. The summed E-state index contributed by atoms with van der Waals surface area (Å²) in [5, 5.41) is 11.7. The van der Waals surface area contributed by atoms with Gasteiger partial charge in [0.05, 0.1) is 13.2 Å². The number of hydrogen-bond acceptors (Lipinski definition) is 4. The van der Waals surface area contributed by atoms with E-state index in [-0.39, 0.29) is 12.1 Å². The fraction of sp³-hybridized carbons (Fsp3) is 0.211. The minimum Gasteiger partial charge on any atom is -0.497 e. The lowest BCUT2D eigenvalue weighted by Gasteiger charge is -2.11. The Balaban J connectivity index is 2.07. The second-order valence-corrected chi connectivity index (χ2v) is 5.51. The summed E-state index contributed by atoms with van der Waals surface area (Å²) in [6, 6.07) is 12.4. The number of methoxy groups -OCH3 is 1. The topological polar surface area (TPSA) is 79.2 Å². The Labute approximate surface area is 145 Å². The molecule has 0 aliphatic carbocycles. The van der Waals surface area contributed by atoms with Crippen LogP contribution in [0.5, 0.6) is 5.75 Å². The van der Waals surface area contributed by atoms with Gasteiger partial charge in [0.15, 0.2) is 11.7 Å². The number of carbonyl (C=O) groups is 2. The highest BCUT2D eigenvalue weighted by atomic mass is 19.1. The molecule has 0 aromatic heterocycles. The number of hydrogen-bond donors (Lipinski definition) is 1. The standard InChI is InChI=1S/C19H17FN2O3/c1-12-7-14(9-15(20)8-12)18(23)17(10-21)19(24)22-11-13-3-5-16(25-2)6-4-13/h3-9,17H,11H2,1-2H3,(H,22,24)/t17-/m0/s1. The van der Waals surface area contributed by atoms with Gasteiger partial charge in [0.2, 0.25) is 5.91 Å². The Morgan fingerprint density at radius 2 is 1.92 bits per heavy atom. The predicted molar refractivity (Wildman–Crippen MR) is 89.4 cm³/mol. The van der Waals surface area contributed by atoms with Crippen LogP contribution in [0.3, 0.4) is 0 Å². The average Bonchev–Trinajstić information content (AvgIpc) is 2.60. The van der Waals surface area contributed by atoms with E-state index >= 15 is 0 Å². The van der Waals surface area contributed by atoms with E-state index < -0.39 is 23.4 Å². The van der Waals surface area contributed by atoms with Crippen molar-refractivity contribution in [1.29, 1.82) is 5.26 Å². The number of benzene rings is 2. The number of rotatable bonds is 6. The molecule has 1 amide bonds. The number of nitrogens with one attached hydrogen (secondary N) is 1. The van der Waals surface area contributed by atoms with E-state index in [4.69, 9.17) is 4.74 Å². The summed E-state index contributed by atoms with van der Waals surface area (Å²) in [6.45, 7) is 1.79. The number of carbonyl (C=O) groups excluding carboxylic acids is 2. The summed E-state index contributed by atoms with van der Waals surface area (Å²) in [4.78, 5) is 24.5. The zero-order valence-electron chi connectivity index (χ0n) is 13.9. The Hall–Kier alpha value is -3.20. The lowest BCUT2D eigenvalue weighted by molar-refractivity contribution is -0.122. The monoisotopic (exact) mass is 340 g/mol. The smallest absolute Gasteiger partial charge is 0.245 e. The van der Waals surface area contributed by atoms with Gasteiger partial charge in [0, 0.05) is 12.1 Å². The van der Waals surface area contributed by atoms with Gasteiger partial charge in [-0.3, -0.25) is 9.59 Å². The third-order valence-electron chi connectivity index (χ3n) is 3.61. The number of aryl methyl sites for hydroxylation is 1. The molecule has 0 radical (unpaired) electrons. The molecule has 0 saturated heterocycles. The third-order valence-corrected chi connectivity index (χ3v) is 3.61. The lowest BCUT2D eigenvalue weighted by atomic mass is 9.96. The first-order valence-corrected chi connectivity index (χ1v) is 7.56. The van der Waals surface area contributed by atoms with Crippen LogP contribution in [0, 0.1) is 30.0 Å². The number of nitriles is 1. The van der Waals surface area contributed by atoms with E-state index in [1.165, 1.54) is 12.1 Å². The lowest BCUT2D eigenvalue weighted by Crippen LogP contribution is -2.34. The zero-order chi connectivity index (χ0) is 18.4. The normalized spacial score (nSPS) is 11.3. The molecule has 25 heavy (non-hydrogen) atoms. The highest BCUT2D eigenvalue weighted by Crippen LogP contribution is 2.15. The van der Waals surface area contributed by atoms with Crippen molar-refractivity contribution in [3.8, 4) is 11.8 Å². The Kier molecular flexibility index (Phi) is 5.85. The van der Waals surface area contributed by atoms with Crippen LogP contribution in [0.4, 0.5) is 4.39 Å². The molecule has 128 valence electrons. The molecule has 5 nitrogen and oxygen atoms in total. The zero-order valence-corrected chi connectivity index (χ0v) is 13.9. The van der Waals surface area contributed by atoms with Crippen LogP contribution in [-0.4, -0.2) is 18.8 Å². The van der Waals surface area contributed by atoms with Crippen LogP contribution in [0.15, 0.2) is 42.5 Å². The van der Waals surface area contributed by atoms with Gasteiger partial charge < -0.3 is 10.1 Å². The quantitative estimate of drug-likeness (QED) is 0.648. The molecule has 0 heterocycles. The molecule has 6 heteroatoms. The number of Topliss-reactive ketones (excluding diaryl/α,β-unsaturated/α-hetero) is 1. The van der Waals surface area contributed by atoms with Crippen molar-refractivity contribution in [3.63, 3.8) is 0 Å². The maximum atomic E-state index is 13.4. The molecule has 0 aliphatic heterocycles. The van der Waals surface area contributed by atoms with E-state index in [9.17, 15) is 19.2 Å². The molecule has 0 bridgehead atoms. The van der Waals surface area contributed by atoms with Gasteiger partial charge in [0.1, 0.15) is 11.6 Å². The molecule has 1 N–H and O–H groups in total. The van der Waals surface area contributed by atoms with Crippen LogP contribution < -0.4 is 10.1 Å². The van der Waals surface area contributed by atoms with Gasteiger partial charge in [-0.05, 0) is 48.4 Å². The second kappa shape index (κ2) is 8.06. The number of amides is 1. The Bertz CT molecular complexity index is 805. The summed E-state index contributed by atoms with van der Waals surface area (Å²) in [5.41, 5.74) is 1.34. The van der Waals surface area contributed by atoms with Crippen LogP contribution in [0.1, 0.15) is 21.5 Å². The van der Waals surface area contributed by atoms with Crippen molar-refractivity contribution in [2.24, 2.45) is 5.92 Å². The predicted octanol–water partition coefficient (Wildman–Crippen LogP) is 2.78. The van der Waals surface area contributed by atoms with Gasteiger partial charge in [-0.25, -0.2) is 4.39 Å². The number of ether oxygens (including phenoxy) is 1. The summed E-state index contributed by atoms with van der Waals surface area (Å²) >= 11 is 0. The van der Waals surface area contributed by atoms with Gasteiger partial charge in [0.25, 0.3) is 0 Å². The molecule has 0 aliphatic rings. The first-order valence-electron chi connectivity index (χ1n) is 7.56. The second-order valence-electron chi connectivity index (χ2n) is 5.51. The number of nitrogens with zero attached hydrogens (tertiary/aromatic N) is 1. The maximum absolute atomic E-state index is 13.4. The number of halogens is 1. The molecule has 1 atom stereocenters. The largest absolute Gasteiger partial charge is 0.497 e. The van der Waals surface area contributed by atoms with Gasteiger partial charge in [-0.1, -0.05) is 12.1 Å². The van der Waals surface area contributed by atoms with Crippen molar-refractivity contribution in [1.82, 2.24) is 5.32 Å². The summed E-state index contributed by atoms with van der Waals surface area (Å²) in [5.74, 6) is -2.87. The highest BCUT2D eigenvalue weighted by Gasteiger charge is 2.27. The van der Waals surface area contributed by atoms with Crippen LogP contribution in [0.2, 0.25) is 0 Å². The van der Waals surface area contributed by atoms with E-state index in [0.29, 0.717) is 11.3 Å². The molecule has 2 rings (SSSR count). The first-order chi connectivity index (χ1) is 11.9. The van der Waals surface area contributed by atoms with E-state index in [1.54, 1.807) is 44.4 Å². The molecular formula is C19H17FN2O3. The minimum absolute atomic E-state index is 0.00338. The third kappa shape index (κ3) is 4.64. The van der Waals surface area contributed by atoms with Crippen molar-refractivity contribution in [3.05, 3.63) is 65.0 Å². The van der Waals surface area contributed by atoms with Crippen LogP contribution in [0.25, 0.3) is 0 Å². The van der Waals surface area contributed by atoms with Crippen molar-refractivity contribution >= 4 is 11.7 Å². The van der Waals surface area contributed by atoms with Crippen LogP contribution in [-0.2, 0) is 11.3 Å². The summed E-state index contributed by atoms with van der Waals surface area (Å²) in [6.07, 6.45) is 0. The minimum atomic E-state index is -1.53. The average molecular weight is 340 g/mol. The van der Waals surface area contributed by atoms with Gasteiger partial charge >= 0.3 is 0 Å². The fourth-order valence-electron chi connectivity index (χ4n) is 2.32. The SMILES string of the molecule is COc1ccc(CNC(=O)[C@@H](C#N)C(=O)c2cc(C)cc(F)c2)cc1. The Morgan fingerprint density at radius 3 is 2.48 bits per heavy atom. The van der Waals surface area contributed by atoms with Gasteiger partial charge in [-0.2, -0.15) is 5.26 Å². The molecule has 0 fully saturated rings. The first kappa shape index (κ1) is 18.1. The van der Waals surface area contributed by atoms with E-state index in [2.05, 4.69) is 5.32 Å².